The second kappa shape index (κ2) is 13.0. The highest BCUT2D eigenvalue weighted by molar-refractivity contribution is 5.87. The standard InChI is InChI=1S/C36H36N2O4/c1-40-30-15-11-27(12-16-30)24-38-25-34(32-9-5-6-10-35(32)38)33(23-36(39)37-19-21-41-22-20-37)29-13-17-31(18-14-29)42-26-28-7-3-2-4-8-28/h2-18,25,33H,19-24,26H2,1H3/t33-/m0/s1. The molecule has 0 spiro atoms. The average Bonchev–Trinajstić information content (AvgIpc) is 3.42. The lowest BCUT2D eigenvalue weighted by Gasteiger charge is -2.28. The van der Waals surface area contributed by atoms with Crippen LogP contribution in [0.4, 0.5) is 0 Å². The maximum absolute atomic E-state index is 13.6. The van der Waals surface area contributed by atoms with Crippen LogP contribution in [-0.2, 0) is 22.7 Å². The van der Waals surface area contributed by atoms with Crippen LogP contribution in [0, 0.1) is 0 Å². The highest BCUT2D eigenvalue weighted by atomic mass is 16.5. The Morgan fingerprint density at radius 1 is 0.810 bits per heavy atom. The number of fused-ring (bicyclic) bond motifs is 1. The van der Waals surface area contributed by atoms with E-state index >= 15 is 0 Å². The lowest BCUT2D eigenvalue weighted by atomic mass is 9.87. The molecule has 0 aliphatic carbocycles. The monoisotopic (exact) mass is 560 g/mol. The predicted molar refractivity (Wildman–Crippen MR) is 165 cm³/mol. The second-order valence-electron chi connectivity index (χ2n) is 10.7. The van der Waals surface area contributed by atoms with Crippen molar-refractivity contribution < 1.29 is 19.0 Å². The zero-order valence-corrected chi connectivity index (χ0v) is 23.9. The Morgan fingerprint density at radius 2 is 1.50 bits per heavy atom. The van der Waals surface area contributed by atoms with Crippen molar-refractivity contribution >= 4 is 16.8 Å². The minimum absolute atomic E-state index is 0.106. The van der Waals surface area contributed by atoms with E-state index in [1.165, 1.54) is 5.56 Å². The third-order valence-corrected chi connectivity index (χ3v) is 7.98. The van der Waals surface area contributed by atoms with E-state index in [0.717, 1.165) is 45.6 Å². The smallest absolute Gasteiger partial charge is 0.223 e. The molecule has 1 aromatic heterocycles. The highest BCUT2D eigenvalue weighted by Crippen LogP contribution is 2.36. The maximum Gasteiger partial charge on any atom is 0.223 e. The first kappa shape index (κ1) is 27.6. The fraction of sp³-hybridized carbons (Fsp3) is 0.250. The van der Waals surface area contributed by atoms with E-state index < -0.39 is 0 Å². The van der Waals surface area contributed by atoms with Gasteiger partial charge in [-0.1, -0.05) is 72.8 Å². The van der Waals surface area contributed by atoms with Gasteiger partial charge in [0.15, 0.2) is 0 Å². The fourth-order valence-corrected chi connectivity index (χ4v) is 5.67. The van der Waals surface area contributed by atoms with Crippen LogP contribution < -0.4 is 9.47 Å². The number of benzene rings is 4. The van der Waals surface area contributed by atoms with Gasteiger partial charge in [0.25, 0.3) is 0 Å². The number of carbonyl (C=O) groups excluding carboxylic acids is 1. The van der Waals surface area contributed by atoms with Crippen molar-refractivity contribution in [2.24, 2.45) is 0 Å². The third kappa shape index (κ3) is 6.34. The molecular weight excluding hydrogens is 524 g/mol. The molecule has 1 aliphatic rings. The van der Waals surface area contributed by atoms with Crippen LogP contribution in [0.2, 0.25) is 0 Å². The Balaban J connectivity index is 1.32. The summed E-state index contributed by atoms with van der Waals surface area (Å²) >= 11 is 0. The third-order valence-electron chi connectivity index (χ3n) is 7.98. The number of methoxy groups -OCH3 is 1. The summed E-state index contributed by atoms with van der Waals surface area (Å²) in [6, 6.07) is 35.0. The molecule has 2 heterocycles. The number of rotatable bonds is 10. The first-order chi connectivity index (χ1) is 20.7. The number of amides is 1. The van der Waals surface area contributed by atoms with E-state index in [1.54, 1.807) is 7.11 Å². The molecule has 0 saturated carbocycles. The Labute approximate surface area is 247 Å². The van der Waals surface area contributed by atoms with Gasteiger partial charge in [0, 0.05) is 49.1 Å². The molecule has 1 atom stereocenters. The van der Waals surface area contributed by atoms with Gasteiger partial charge in [0.1, 0.15) is 18.1 Å². The van der Waals surface area contributed by atoms with Crippen molar-refractivity contribution in [2.45, 2.75) is 25.5 Å². The molecule has 1 aliphatic heterocycles. The van der Waals surface area contributed by atoms with Crippen molar-refractivity contribution in [1.82, 2.24) is 9.47 Å². The van der Waals surface area contributed by atoms with E-state index in [1.807, 2.05) is 47.4 Å². The van der Waals surface area contributed by atoms with Crippen LogP contribution in [-0.4, -0.2) is 48.8 Å². The largest absolute Gasteiger partial charge is 0.497 e. The van der Waals surface area contributed by atoms with Gasteiger partial charge in [-0.3, -0.25) is 4.79 Å². The summed E-state index contributed by atoms with van der Waals surface area (Å²) in [6.45, 7) is 3.68. The molecule has 6 rings (SSSR count). The molecule has 1 amide bonds. The van der Waals surface area contributed by atoms with Gasteiger partial charge < -0.3 is 23.7 Å². The molecule has 0 radical (unpaired) electrons. The predicted octanol–water partition coefficient (Wildman–Crippen LogP) is 6.66. The van der Waals surface area contributed by atoms with Gasteiger partial charge in [-0.05, 0) is 52.6 Å². The fourth-order valence-electron chi connectivity index (χ4n) is 5.67. The van der Waals surface area contributed by atoms with Crippen LogP contribution in [0.3, 0.4) is 0 Å². The average molecular weight is 561 g/mol. The molecule has 6 heteroatoms. The molecule has 4 aromatic carbocycles. The van der Waals surface area contributed by atoms with E-state index in [9.17, 15) is 4.79 Å². The van der Waals surface area contributed by atoms with Gasteiger partial charge in [-0.2, -0.15) is 0 Å². The minimum atomic E-state index is -0.106. The van der Waals surface area contributed by atoms with Crippen molar-refractivity contribution in [3.8, 4) is 11.5 Å². The number of morpholine rings is 1. The van der Waals surface area contributed by atoms with Crippen LogP contribution in [0.25, 0.3) is 10.9 Å². The van der Waals surface area contributed by atoms with Gasteiger partial charge in [-0.25, -0.2) is 0 Å². The second-order valence-corrected chi connectivity index (χ2v) is 10.7. The molecule has 1 fully saturated rings. The van der Waals surface area contributed by atoms with Crippen LogP contribution in [0.5, 0.6) is 11.5 Å². The summed E-state index contributed by atoms with van der Waals surface area (Å²) in [5, 5.41) is 1.16. The van der Waals surface area contributed by atoms with E-state index in [4.69, 9.17) is 14.2 Å². The molecule has 0 bridgehead atoms. The zero-order chi connectivity index (χ0) is 28.7. The highest BCUT2D eigenvalue weighted by Gasteiger charge is 2.26. The summed E-state index contributed by atoms with van der Waals surface area (Å²) in [7, 11) is 1.68. The molecule has 214 valence electrons. The summed E-state index contributed by atoms with van der Waals surface area (Å²) < 4.78 is 19.2. The SMILES string of the molecule is COc1ccc(Cn2cc([C@@H](CC(=O)N3CCOCC3)c3ccc(OCc4ccccc4)cc3)c3ccccc32)cc1. The Kier molecular flexibility index (Phi) is 8.52. The Hall–Kier alpha value is -4.55. The Morgan fingerprint density at radius 3 is 2.24 bits per heavy atom. The molecule has 5 aromatic rings. The van der Waals surface area contributed by atoms with Crippen molar-refractivity contribution in [3.63, 3.8) is 0 Å². The summed E-state index contributed by atoms with van der Waals surface area (Å²) in [5.41, 5.74) is 5.70. The Bertz CT molecular complexity index is 1600. The number of ether oxygens (including phenoxy) is 3. The topological polar surface area (TPSA) is 52.9 Å². The number of aromatic nitrogens is 1. The quantitative estimate of drug-likeness (QED) is 0.192. The van der Waals surface area contributed by atoms with Gasteiger partial charge in [0.05, 0.1) is 20.3 Å². The number of hydrogen-bond donors (Lipinski definition) is 0. The summed E-state index contributed by atoms with van der Waals surface area (Å²) in [6.07, 6.45) is 2.62. The van der Waals surface area contributed by atoms with Gasteiger partial charge in [0.2, 0.25) is 5.91 Å². The first-order valence-corrected chi connectivity index (χ1v) is 14.5. The molecule has 0 N–H and O–H groups in total. The van der Waals surface area contributed by atoms with Crippen molar-refractivity contribution in [1.29, 1.82) is 0 Å². The van der Waals surface area contributed by atoms with Crippen LogP contribution in [0.1, 0.15) is 34.6 Å². The minimum Gasteiger partial charge on any atom is -0.497 e. The first-order valence-electron chi connectivity index (χ1n) is 14.5. The van der Waals surface area contributed by atoms with Crippen molar-refractivity contribution in [3.05, 3.63) is 132 Å². The van der Waals surface area contributed by atoms with E-state index in [-0.39, 0.29) is 11.8 Å². The van der Waals surface area contributed by atoms with Crippen LogP contribution >= 0.6 is 0 Å². The molecular formula is C36H36N2O4. The molecule has 1 saturated heterocycles. The van der Waals surface area contributed by atoms with Gasteiger partial charge >= 0.3 is 0 Å². The molecule has 0 unspecified atom stereocenters. The zero-order valence-electron chi connectivity index (χ0n) is 23.9. The van der Waals surface area contributed by atoms with E-state index in [2.05, 4.69) is 71.4 Å². The molecule has 6 nitrogen and oxygen atoms in total. The summed E-state index contributed by atoms with van der Waals surface area (Å²) in [4.78, 5) is 15.5. The molecule has 42 heavy (non-hydrogen) atoms. The number of para-hydroxylation sites is 1. The van der Waals surface area contributed by atoms with E-state index in [0.29, 0.717) is 39.3 Å². The normalized spacial score (nSPS) is 14.1. The number of nitrogens with zero attached hydrogens (tertiary/aromatic N) is 2. The van der Waals surface area contributed by atoms with Crippen LogP contribution in [0.15, 0.2) is 109 Å². The van der Waals surface area contributed by atoms with Crippen molar-refractivity contribution in [2.75, 3.05) is 33.4 Å². The van der Waals surface area contributed by atoms with Gasteiger partial charge in [-0.15, -0.1) is 0 Å². The lowest BCUT2D eigenvalue weighted by molar-refractivity contribution is -0.135. The number of carbonyl (C=O) groups is 1. The lowest BCUT2D eigenvalue weighted by Crippen LogP contribution is -2.41. The maximum atomic E-state index is 13.6. The summed E-state index contributed by atoms with van der Waals surface area (Å²) in [5.74, 6) is 1.70. The number of hydrogen-bond acceptors (Lipinski definition) is 4.